The van der Waals surface area contributed by atoms with E-state index in [4.69, 9.17) is 4.55 Å². The minimum atomic E-state index is -3.69. The topological polar surface area (TPSA) is 54.4 Å². The van der Waals surface area contributed by atoms with Crippen molar-refractivity contribution in [3.05, 3.63) is 0 Å². The molecule has 0 saturated carbocycles. The van der Waals surface area contributed by atoms with Crippen LogP contribution in [0.3, 0.4) is 0 Å². The van der Waals surface area contributed by atoms with Crippen LogP contribution in [-0.2, 0) is 10.1 Å². The summed E-state index contributed by atoms with van der Waals surface area (Å²) in [7, 11) is -3.69. The van der Waals surface area contributed by atoms with E-state index in [0.717, 1.165) is 6.42 Å². The smallest absolute Gasteiger partial charge is 0.264 e. The van der Waals surface area contributed by atoms with Crippen molar-refractivity contribution in [2.45, 2.75) is 19.8 Å². The molecule has 0 aromatic rings. The number of hydrogen-bond acceptors (Lipinski definition) is 2. The van der Waals surface area contributed by atoms with Crippen molar-refractivity contribution >= 4 is 47.9 Å². The average Bonchev–Trinajstić information content (AvgIpc) is 1.59. The summed E-state index contributed by atoms with van der Waals surface area (Å²) in [6, 6.07) is 0. The summed E-state index contributed by atoms with van der Waals surface area (Å²) in [6.07, 6.45) is 1.33. The molecule has 52 valence electrons. The molecule has 0 aromatic heterocycles. The summed E-state index contributed by atoms with van der Waals surface area (Å²) < 4.78 is 28.0. The Balaban J connectivity index is 0. The molecule has 5 heteroatoms. The van der Waals surface area contributed by atoms with Crippen molar-refractivity contribution in [2.75, 3.05) is 5.75 Å². The van der Waals surface area contributed by atoms with Gasteiger partial charge in [-0.15, -0.1) is 0 Å². The van der Waals surface area contributed by atoms with Gasteiger partial charge < -0.3 is 0 Å². The summed E-state index contributed by atoms with van der Waals surface area (Å²) in [5, 5.41) is 0. The summed E-state index contributed by atoms with van der Waals surface area (Å²) in [4.78, 5) is 0. The number of hydrogen-bond donors (Lipinski definition) is 1. The minimum absolute atomic E-state index is 0. The van der Waals surface area contributed by atoms with E-state index >= 15 is 0 Å². The van der Waals surface area contributed by atoms with Crippen LogP contribution in [0.25, 0.3) is 0 Å². The third-order valence-corrected chi connectivity index (χ3v) is 1.56. The number of unbranched alkanes of at least 4 members (excludes halogenated alkanes) is 1. The van der Waals surface area contributed by atoms with E-state index in [9.17, 15) is 8.42 Å². The van der Waals surface area contributed by atoms with Gasteiger partial charge in [-0.1, -0.05) is 13.3 Å². The summed E-state index contributed by atoms with van der Waals surface area (Å²) in [5.41, 5.74) is 0. The quantitative estimate of drug-likeness (QED) is 0.499. The average molecular weight is 178 g/mol. The summed E-state index contributed by atoms with van der Waals surface area (Å²) >= 11 is 0. The van der Waals surface area contributed by atoms with Crippen LogP contribution in [0.5, 0.6) is 0 Å². The predicted molar refractivity (Wildman–Crippen MR) is 37.1 cm³/mol. The van der Waals surface area contributed by atoms with E-state index < -0.39 is 10.1 Å². The molecule has 0 spiro atoms. The summed E-state index contributed by atoms with van der Waals surface area (Å²) in [6.45, 7) is 1.87. The zero-order chi connectivity index (χ0) is 6.62. The van der Waals surface area contributed by atoms with Crippen LogP contribution >= 0.6 is 0 Å². The molecular formula is C4H10CaO3S. The van der Waals surface area contributed by atoms with Crippen molar-refractivity contribution < 1.29 is 13.0 Å². The van der Waals surface area contributed by atoms with Crippen LogP contribution in [0.2, 0.25) is 0 Å². The van der Waals surface area contributed by atoms with E-state index in [-0.39, 0.29) is 43.5 Å². The van der Waals surface area contributed by atoms with E-state index in [1.165, 1.54) is 0 Å². The molecule has 0 atom stereocenters. The molecule has 2 radical (unpaired) electrons. The van der Waals surface area contributed by atoms with Gasteiger partial charge in [0, 0.05) is 37.7 Å². The first kappa shape index (κ1) is 12.8. The van der Waals surface area contributed by atoms with Gasteiger partial charge in [0.2, 0.25) is 0 Å². The third-order valence-electron chi connectivity index (χ3n) is 0.756. The van der Waals surface area contributed by atoms with E-state index in [2.05, 4.69) is 0 Å². The molecule has 0 unspecified atom stereocenters. The predicted octanol–water partition coefficient (Wildman–Crippen LogP) is 0.294. The van der Waals surface area contributed by atoms with Gasteiger partial charge in [-0.2, -0.15) is 8.42 Å². The van der Waals surface area contributed by atoms with Crippen LogP contribution < -0.4 is 0 Å². The molecule has 0 aliphatic heterocycles. The fourth-order valence-corrected chi connectivity index (χ4v) is 0.980. The molecule has 0 fully saturated rings. The molecule has 0 saturated heterocycles. The molecule has 0 bridgehead atoms. The molecule has 0 aliphatic carbocycles. The Hall–Kier alpha value is 1.17. The van der Waals surface area contributed by atoms with Crippen LogP contribution in [0.4, 0.5) is 0 Å². The fourth-order valence-electron chi connectivity index (χ4n) is 0.327. The SMILES string of the molecule is CCCCS(=O)(=O)O.[Ca]. The van der Waals surface area contributed by atoms with E-state index in [1.807, 2.05) is 6.92 Å². The second-order valence-corrected chi connectivity index (χ2v) is 3.21. The maximum atomic E-state index is 9.95. The minimum Gasteiger partial charge on any atom is -0.286 e. The molecule has 0 aliphatic rings. The Kier molecular flexibility index (Phi) is 8.42. The summed E-state index contributed by atoms with van der Waals surface area (Å²) in [5.74, 6) is -0.108. The Bertz CT molecular complexity index is 140. The Morgan fingerprint density at radius 2 is 1.89 bits per heavy atom. The first-order valence-corrected chi connectivity index (χ1v) is 4.12. The first-order valence-electron chi connectivity index (χ1n) is 2.51. The Morgan fingerprint density at radius 3 is 2.00 bits per heavy atom. The molecule has 3 nitrogen and oxygen atoms in total. The maximum Gasteiger partial charge on any atom is 0.264 e. The first-order chi connectivity index (χ1) is 3.56. The molecule has 1 N–H and O–H groups in total. The van der Waals surface area contributed by atoms with Crippen LogP contribution in [-0.4, -0.2) is 56.5 Å². The normalized spacial score (nSPS) is 10.4. The van der Waals surface area contributed by atoms with Crippen molar-refractivity contribution in [2.24, 2.45) is 0 Å². The molecule has 0 aromatic carbocycles. The second kappa shape index (κ2) is 5.92. The van der Waals surface area contributed by atoms with E-state index in [0.29, 0.717) is 6.42 Å². The standard InChI is InChI=1S/C4H10O3S.Ca/c1-2-3-4-8(5,6)7;/h2-4H2,1H3,(H,5,6,7);. The van der Waals surface area contributed by atoms with Crippen molar-refractivity contribution in [3.63, 3.8) is 0 Å². The van der Waals surface area contributed by atoms with Crippen molar-refractivity contribution in [1.82, 2.24) is 0 Å². The fraction of sp³-hybridized carbons (Fsp3) is 1.00. The Labute approximate surface area is 85.6 Å². The zero-order valence-corrected chi connectivity index (χ0v) is 8.53. The molecule has 0 rings (SSSR count). The van der Waals surface area contributed by atoms with Gasteiger partial charge in [0.15, 0.2) is 0 Å². The van der Waals surface area contributed by atoms with Crippen LogP contribution in [0, 0.1) is 0 Å². The van der Waals surface area contributed by atoms with Crippen LogP contribution in [0.1, 0.15) is 19.8 Å². The van der Waals surface area contributed by atoms with Gasteiger partial charge in [-0.05, 0) is 6.42 Å². The zero-order valence-electron chi connectivity index (χ0n) is 5.50. The van der Waals surface area contributed by atoms with Gasteiger partial charge in [0.05, 0.1) is 5.75 Å². The largest absolute Gasteiger partial charge is 0.286 e. The molecule has 0 heterocycles. The van der Waals surface area contributed by atoms with Gasteiger partial charge >= 0.3 is 0 Å². The Morgan fingerprint density at radius 1 is 1.44 bits per heavy atom. The number of rotatable bonds is 3. The van der Waals surface area contributed by atoms with Crippen molar-refractivity contribution in [3.8, 4) is 0 Å². The van der Waals surface area contributed by atoms with E-state index in [1.54, 1.807) is 0 Å². The van der Waals surface area contributed by atoms with Crippen LogP contribution in [0.15, 0.2) is 0 Å². The van der Waals surface area contributed by atoms with Crippen molar-refractivity contribution in [1.29, 1.82) is 0 Å². The van der Waals surface area contributed by atoms with Gasteiger partial charge in [0.25, 0.3) is 10.1 Å². The molecule has 9 heavy (non-hydrogen) atoms. The second-order valence-electron chi connectivity index (χ2n) is 1.64. The van der Waals surface area contributed by atoms with Gasteiger partial charge in [-0.25, -0.2) is 0 Å². The molecular weight excluding hydrogens is 168 g/mol. The monoisotopic (exact) mass is 178 g/mol. The third kappa shape index (κ3) is 12.4. The van der Waals surface area contributed by atoms with Gasteiger partial charge in [-0.3, -0.25) is 4.55 Å². The van der Waals surface area contributed by atoms with Gasteiger partial charge in [0.1, 0.15) is 0 Å². The molecule has 0 amide bonds. The maximum absolute atomic E-state index is 9.95.